The van der Waals surface area contributed by atoms with Crippen LogP contribution in [0.1, 0.15) is 16.7 Å². The minimum Gasteiger partial charge on any atom is -0.409 e. The van der Waals surface area contributed by atoms with Gasteiger partial charge in [-0.2, -0.15) is 0 Å². The smallest absolute Gasteiger partial charge is 0.170 e. The summed E-state index contributed by atoms with van der Waals surface area (Å²) < 4.78 is 14.5. The molecule has 0 heterocycles. The first-order valence-electron chi connectivity index (χ1n) is 6.27. The van der Waals surface area contributed by atoms with Crippen LogP contribution in [0.3, 0.4) is 0 Å². The van der Waals surface area contributed by atoms with E-state index in [0.717, 1.165) is 15.7 Å². The topological polar surface area (TPSA) is 70.6 Å². The van der Waals surface area contributed by atoms with Crippen molar-refractivity contribution in [1.29, 1.82) is 0 Å². The predicted octanol–water partition coefficient (Wildman–Crippen LogP) is 3.60. The highest BCUT2D eigenvalue weighted by Gasteiger charge is 2.06. The van der Waals surface area contributed by atoms with E-state index in [9.17, 15) is 4.39 Å². The zero-order valence-corrected chi connectivity index (χ0v) is 13.0. The van der Waals surface area contributed by atoms with Crippen molar-refractivity contribution in [1.82, 2.24) is 0 Å². The molecule has 0 spiro atoms. The summed E-state index contributed by atoms with van der Waals surface area (Å²) in [6, 6.07) is 10.2. The summed E-state index contributed by atoms with van der Waals surface area (Å²) in [6.45, 7) is 2.42. The maximum atomic E-state index is 13.6. The molecule has 21 heavy (non-hydrogen) atoms. The molecular weight excluding hydrogens is 337 g/mol. The number of nitrogens with zero attached hydrogens (tertiary/aromatic N) is 1. The predicted molar refractivity (Wildman–Crippen MR) is 85.1 cm³/mol. The molecule has 0 radical (unpaired) electrons. The van der Waals surface area contributed by atoms with Crippen molar-refractivity contribution < 1.29 is 9.60 Å². The number of nitrogens with one attached hydrogen (secondary N) is 1. The molecule has 4 N–H and O–H groups in total. The quantitative estimate of drug-likeness (QED) is 0.341. The zero-order chi connectivity index (χ0) is 15.4. The van der Waals surface area contributed by atoms with E-state index in [2.05, 4.69) is 26.4 Å². The summed E-state index contributed by atoms with van der Waals surface area (Å²) >= 11 is 3.51. The summed E-state index contributed by atoms with van der Waals surface area (Å²) in [5.41, 5.74) is 8.56. The second kappa shape index (κ2) is 6.58. The molecule has 0 atom stereocenters. The monoisotopic (exact) mass is 351 g/mol. The van der Waals surface area contributed by atoms with Crippen LogP contribution in [0, 0.1) is 12.7 Å². The molecule has 110 valence electrons. The van der Waals surface area contributed by atoms with Crippen LogP contribution < -0.4 is 11.1 Å². The van der Waals surface area contributed by atoms with E-state index in [1.807, 2.05) is 25.1 Å². The third-order valence-electron chi connectivity index (χ3n) is 3.04. The highest BCUT2D eigenvalue weighted by molar-refractivity contribution is 9.10. The van der Waals surface area contributed by atoms with Crippen molar-refractivity contribution >= 4 is 27.5 Å². The van der Waals surface area contributed by atoms with E-state index in [4.69, 9.17) is 10.9 Å². The number of hydrogen-bond donors (Lipinski definition) is 3. The number of anilines is 1. The minimum absolute atomic E-state index is 0.118. The Morgan fingerprint density at radius 3 is 2.86 bits per heavy atom. The highest BCUT2D eigenvalue weighted by atomic mass is 79.9. The van der Waals surface area contributed by atoms with Crippen molar-refractivity contribution in [3.63, 3.8) is 0 Å². The van der Waals surface area contributed by atoms with Crippen molar-refractivity contribution in [2.45, 2.75) is 13.5 Å². The number of rotatable bonds is 4. The van der Waals surface area contributed by atoms with E-state index >= 15 is 0 Å². The zero-order valence-electron chi connectivity index (χ0n) is 11.4. The summed E-state index contributed by atoms with van der Waals surface area (Å²) in [7, 11) is 0. The van der Waals surface area contributed by atoms with Crippen molar-refractivity contribution in [3.05, 3.63) is 63.4 Å². The van der Waals surface area contributed by atoms with Crippen LogP contribution in [0.4, 0.5) is 10.1 Å². The van der Waals surface area contributed by atoms with Crippen molar-refractivity contribution in [2.24, 2.45) is 10.9 Å². The first-order chi connectivity index (χ1) is 10.0. The van der Waals surface area contributed by atoms with Gasteiger partial charge in [-0.15, -0.1) is 0 Å². The molecular formula is C15H15BrFN3O. The van der Waals surface area contributed by atoms with Gasteiger partial charge in [0.25, 0.3) is 0 Å². The van der Waals surface area contributed by atoms with Crippen LogP contribution in [0.25, 0.3) is 0 Å². The molecule has 0 amide bonds. The van der Waals surface area contributed by atoms with E-state index in [1.165, 1.54) is 12.1 Å². The Labute approximate surface area is 130 Å². The molecule has 2 aromatic rings. The average Bonchev–Trinajstić information content (AvgIpc) is 2.47. The SMILES string of the molecule is Cc1cccc(NCc2cc(F)cc(/C(N)=N/O)c2)c1Br. The summed E-state index contributed by atoms with van der Waals surface area (Å²) in [5.74, 6) is -0.549. The fourth-order valence-corrected chi connectivity index (χ4v) is 2.34. The first-order valence-corrected chi connectivity index (χ1v) is 7.07. The minimum atomic E-state index is -0.431. The van der Waals surface area contributed by atoms with E-state index in [0.29, 0.717) is 17.7 Å². The maximum absolute atomic E-state index is 13.6. The molecule has 0 bridgehead atoms. The lowest BCUT2D eigenvalue weighted by atomic mass is 10.1. The number of benzene rings is 2. The lowest BCUT2D eigenvalue weighted by molar-refractivity contribution is 0.318. The Hall–Kier alpha value is -2.08. The Kier molecular flexibility index (Phi) is 4.80. The molecule has 0 saturated heterocycles. The molecule has 0 unspecified atom stereocenters. The third kappa shape index (κ3) is 3.72. The van der Waals surface area contributed by atoms with Crippen LogP contribution in [-0.4, -0.2) is 11.0 Å². The number of hydrogen-bond acceptors (Lipinski definition) is 3. The third-order valence-corrected chi connectivity index (χ3v) is 4.09. The fraction of sp³-hybridized carbons (Fsp3) is 0.133. The maximum Gasteiger partial charge on any atom is 0.170 e. The van der Waals surface area contributed by atoms with Crippen molar-refractivity contribution in [3.8, 4) is 0 Å². The fourth-order valence-electron chi connectivity index (χ4n) is 1.94. The van der Waals surface area contributed by atoms with Gasteiger partial charge in [-0.25, -0.2) is 4.39 Å². The largest absolute Gasteiger partial charge is 0.409 e. The van der Waals surface area contributed by atoms with Gasteiger partial charge in [-0.05, 0) is 58.2 Å². The Bertz CT molecular complexity index is 689. The first kappa shape index (κ1) is 15.3. The average molecular weight is 352 g/mol. The second-order valence-corrected chi connectivity index (χ2v) is 5.42. The van der Waals surface area contributed by atoms with Gasteiger partial charge in [-0.1, -0.05) is 17.3 Å². The van der Waals surface area contributed by atoms with E-state index in [1.54, 1.807) is 6.07 Å². The second-order valence-electron chi connectivity index (χ2n) is 4.62. The number of aryl methyl sites for hydroxylation is 1. The molecule has 2 rings (SSSR count). The van der Waals surface area contributed by atoms with Crippen LogP contribution in [-0.2, 0) is 6.54 Å². The van der Waals surface area contributed by atoms with E-state index in [-0.39, 0.29) is 5.84 Å². The van der Waals surface area contributed by atoms with Gasteiger partial charge in [0, 0.05) is 22.3 Å². The lowest BCUT2D eigenvalue weighted by Crippen LogP contribution is -2.14. The molecule has 0 aliphatic carbocycles. The van der Waals surface area contributed by atoms with Crippen LogP contribution in [0.15, 0.2) is 46.0 Å². The van der Waals surface area contributed by atoms with E-state index < -0.39 is 5.82 Å². The molecule has 4 nitrogen and oxygen atoms in total. The Morgan fingerprint density at radius 2 is 2.14 bits per heavy atom. The van der Waals surface area contributed by atoms with Crippen LogP contribution >= 0.6 is 15.9 Å². The van der Waals surface area contributed by atoms with Gasteiger partial charge in [0.1, 0.15) is 5.82 Å². The molecule has 0 aliphatic heterocycles. The summed E-state index contributed by atoms with van der Waals surface area (Å²) in [5, 5.41) is 14.8. The van der Waals surface area contributed by atoms with Gasteiger partial charge >= 0.3 is 0 Å². The van der Waals surface area contributed by atoms with Gasteiger partial charge in [0.05, 0.1) is 0 Å². The number of halogens is 2. The molecule has 0 aromatic heterocycles. The Balaban J connectivity index is 2.20. The molecule has 0 fully saturated rings. The van der Waals surface area contributed by atoms with Crippen molar-refractivity contribution in [2.75, 3.05) is 5.32 Å². The molecule has 2 aromatic carbocycles. The highest BCUT2D eigenvalue weighted by Crippen LogP contribution is 2.26. The number of oxime groups is 1. The van der Waals surface area contributed by atoms with Gasteiger partial charge in [0.15, 0.2) is 5.84 Å². The van der Waals surface area contributed by atoms with Gasteiger partial charge in [0.2, 0.25) is 0 Å². The van der Waals surface area contributed by atoms with Gasteiger partial charge in [-0.3, -0.25) is 0 Å². The summed E-state index contributed by atoms with van der Waals surface area (Å²) in [4.78, 5) is 0. The molecule has 6 heteroatoms. The molecule has 0 aliphatic rings. The van der Waals surface area contributed by atoms with Gasteiger partial charge < -0.3 is 16.3 Å². The number of nitrogens with two attached hydrogens (primary N) is 1. The lowest BCUT2D eigenvalue weighted by Gasteiger charge is -2.11. The summed E-state index contributed by atoms with van der Waals surface area (Å²) in [6.07, 6.45) is 0. The molecule has 0 saturated carbocycles. The normalized spacial score (nSPS) is 11.5. The Morgan fingerprint density at radius 1 is 1.38 bits per heavy atom. The number of amidine groups is 1. The standard InChI is InChI=1S/C15H15BrFN3O/c1-9-3-2-4-13(14(9)16)19-8-10-5-11(15(18)20-21)7-12(17)6-10/h2-7,19,21H,8H2,1H3,(H2,18,20). The van der Waals surface area contributed by atoms with Crippen LogP contribution in [0.5, 0.6) is 0 Å². The van der Waals surface area contributed by atoms with Crippen LogP contribution in [0.2, 0.25) is 0 Å².